The van der Waals surface area contributed by atoms with Gasteiger partial charge < -0.3 is 10.5 Å². The van der Waals surface area contributed by atoms with Crippen LogP contribution in [0.1, 0.15) is 14.5 Å². The molecule has 2 aromatic rings. The highest BCUT2D eigenvalue weighted by molar-refractivity contribution is 7.17. The summed E-state index contributed by atoms with van der Waals surface area (Å²) in [5, 5.41) is 1.99. The Kier molecular flexibility index (Phi) is 2.98. The van der Waals surface area contributed by atoms with E-state index in [4.69, 9.17) is 10.5 Å². The van der Waals surface area contributed by atoms with Crippen molar-refractivity contribution in [3.8, 4) is 10.4 Å². The zero-order valence-electron chi connectivity index (χ0n) is 8.94. The van der Waals surface area contributed by atoms with E-state index in [2.05, 4.69) is 0 Å². The van der Waals surface area contributed by atoms with Gasteiger partial charge >= 0.3 is 5.97 Å². The van der Waals surface area contributed by atoms with Crippen LogP contribution in [0.4, 0.5) is 5.69 Å². The summed E-state index contributed by atoms with van der Waals surface area (Å²) < 4.78 is 4.70. The van der Waals surface area contributed by atoms with E-state index < -0.39 is 0 Å². The number of aryl methyl sites for hydroxylation is 1. The van der Waals surface area contributed by atoms with Crippen LogP contribution >= 0.6 is 22.7 Å². The van der Waals surface area contributed by atoms with Crippen molar-refractivity contribution < 1.29 is 9.53 Å². The van der Waals surface area contributed by atoms with Gasteiger partial charge in [-0.2, -0.15) is 0 Å². The first-order chi connectivity index (χ1) is 7.65. The van der Waals surface area contributed by atoms with E-state index in [1.54, 1.807) is 11.3 Å². The number of carbonyl (C=O) groups excluding carboxylic acids is 1. The highest BCUT2D eigenvalue weighted by Gasteiger charge is 2.20. The topological polar surface area (TPSA) is 52.3 Å². The molecule has 0 fully saturated rings. The number of anilines is 1. The summed E-state index contributed by atoms with van der Waals surface area (Å²) in [7, 11) is 1.36. The van der Waals surface area contributed by atoms with Crippen molar-refractivity contribution in [3.05, 3.63) is 27.3 Å². The van der Waals surface area contributed by atoms with E-state index >= 15 is 0 Å². The lowest BCUT2D eigenvalue weighted by Gasteiger charge is -1.99. The zero-order chi connectivity index (χ0) is 11.7. The SMILES string of the molecule is COC(=O)c1sc(C)c(-c2cccs2)c1N. The molecule has 2 rings (SSSR count). The fourth-order valence-electron chi connectivity index (χ4n) is 1.53. The Bertz CT molecular complexity index is 514. The molecule has 0 saturated heterocycles. The molecule has 5 heteroatoms. The van der Waals surface area contributed by atoms with Crippen LogP contribution in [0.2, 0.25) is 0 Å². The Labute approximate surface area is 101 Å². The number of thiophene rings is 2. The average molecular weight is 253 g/mol. The molecule has 0 aliphatic rings. The third kappa shape index (κ3) is 1.72. The third-order valence-electron chi connectivity index (χ3n) is 2.26. The number of carbonyl (C=O) groups is 1. The van der Waals surface area contributed by atoms with Crippen molar-refractivity contribution in [2.75, 3.05) is 12.8 Å². The molecule has 0 saturated carbocycles. The second kappa shape index (κ2) is 4.27. The lowest BCUT2D eigenvalue weighted by atomic mass is 10.2. The molecule has 0 spiro atoms. The number of nitrogen functional groups attached to an aromatic ring is 1. The maximum absolute atomic E-state index is 11.5. The van der Waals surface area contributed by atoms with Crippen molar-refractivity contribution in [2.24, 2.45) is 0 Å². The second-order valence-electron chi connectivity index (χ2n) is 3.24. The van der Waals surface area contributed by atoms with Crippen molar-refractivity contribution in [1.82, 2.24) is 0 Å². The minimum Gasteiger partial charge on any atom is -0.465 e. The molecule has 0 atom stereocenters. The number of ether oxygens (including phenoxy) is 1. The van der Waals surface area contributed by atoms with Gasteiger partial charge in [-0.15, -0.1) is 22.7 Å². The normalized spacial score (nSPS) is 10.4. The minimum atomic E-state index is -0.367. The smallest absolute Gasteiger partial charge is 0.350 e. The molecule has 16 heavy (non-hydrogen) atoms. The number of rotatable bonds is 2. The summed E-state index contributed by atoms with van der Waals surface area (Å²) in [5.74, 6) is -0.367. The molecular weight excluding hydrogens is 242 g/mol. The predicted octanol–water partition coefficient (Wildman–Crippen LogP) is 3.15. The van der Waals surface area contributed by atoms with Gasteiger partial charge in [-0.3, -0.25) is 0 Å². The summed E-state index contributed by atoms with van der Waals surface area (Å²) in [5.41, 5.74) is 7.47. The van der Waals surface area contributed by atoms with E-state index in [0.29, 0.717) is 10.6 Å². The molecule has 3 nitrogen and oxygen atoms in total. The molecular formula is C11H11NO2S2. The first kappa shape index (κ1) is 11.2. The lowest BCUT2D eigenvalue weighted by molar-refractivity contribution is 0.0607. The van der Waals surface area contributed by atoms with Crippen LogP contribution in [0.5, 0.6) is 0 Å². The van der Waals surface area contributed by atoms with Gasteiger partial charge in [0, 0.05) is 15.3 Å². The minimum absolute atomic E-state index is 0.367. The summed E-state index contributed by atoms with van der Waals surface area (Å²) in [6, 6.07) is 3.96. The standard InChI is InChI=1S/C11H11NO2S2/c1-6-8(7-4-3-5-15-7)9(12)10(16-6)11(13)14-2/h3-5H,12H2,1-2H3. The third-order valence-corrected chi connectivity index (χ3v) is 4.25. The van der Waals surface area contributed by atoms with Crippen LogP contribution in [0.25, 0.3) is 10.4 Å². The van der Waals surface area contributed by atoms with Crippen LogP contribution in [-0.2, 0) is 4.74 Å². The zero-order valence-corrected chi connectivity index (χ0v) is 10.6. The van der Waals surface area contributed by atoms with Crippen molar-refractivity contribution in [3.63, 3.8) is 0 Å². The molecule has 2 aromatic heterocycles. The van der Waals surface area contributed by atoms with Gasteiger partial charge in [0.2, 0.25) is 0 Å². The van der Waals surface area contributed by atoms with E-state index in [1.165, 1.54) is 18.4 Å². The fourth-order valence-corrected chi connectivity index (χ4v) is 3.45. The Morgan fingerprint density at radius 2 is 2.25 bits per heavy atom. The van der Waals surface area contributed by atoms with Crippen LogP contribution < -0.4 is 5.73 Å². The van der Waals surface area contributed by atoms with Gasteiger partial charge in [0.05, 0.1) is 12.8 Å². The average Bonchev–Trinajstić information content (AvgIpc) is 2.86. The Balaban J connectivity index is 2.56. The molecule has 0 radical (unpaired) electrons. The van der Waals surface area contributed by atoms with Crippen LogP contribution in [0, 0.1) is 6.92 Å². The summed E-state index contributed by atoms with van der Waals surface area (Å²) in [6.07, 6.45) is 0. The Morgan fingerprint density at radius 1 is 1.50 bits per heavy atom. The molecule has 0 unspecified atom stereocenters. The molecule has 0 aromatic carbocycles. The van der Waals surface area contributed by atoms with E-state index in [-0.39, 0.29) is 5.97 Å². The highest BCUT2D eigenvalue weighted by Crippen LogP contribution is 2.40. The van der Waals surface area contributed by atoms with Gasteiger partial charge in [0.25, 0.3) is 0 Å². The number of hydrogen-bond acceptors (Lipinski definition) is 5. The van der Waals surface area contributed by atoms with Gasteiger partial charge in [0.1, 0.15) is 4.88 Å². The Hall–Kier alpha value is -1.33. The highest BCUT2D eigenvalue weighted by atomic mass is 32.1. The number of nitrogens with two attached hydrogens (primary N) is 1. The fraction of sp³-hybridized carbons (Fsp3) is 0.182. The van der Waals surface area contributed by atoms with Crippen molar-refractivity contribution in [1.29, 1.82) is 0 Å². The monoisotopic (exact) mass is 253 g/mol. The largest absolute Gasteiger partial charge is 0.465 e. The number of hydrogen-bond donors (Lipinski definition) is 1. The molecule has 0 aliphatic carbocycles. The summed E-state index contributed by atoms with van der Waals surface area (Å²) in [4.78, 5) is 14.1. The summed E-state index contributed by atoms with van der Waals surface area (Å²) >= 11 is 2.99. The maximum Gasteiger partial charge on any atom is 0.350 e. The van der Waals surface area contributed by atoms with E-state index in [9.17, 15) is 4.79 Å². The van der Waals surface area contributed by atoms with Crippen molar-refractivity contribution >= 4 is 34.3 Å². The molecule has 0 aliphatic heterocycles. The van der Waals surface area contributed by atoms with Crippen LogP contribution in [0.15, 0.2) is 17.5 Å². The quantitative estimate of drug-likeness (QED) is 0.836. The maximum atomic E-state index is 11.5. The second-order valence-corrected chi connectivity index (χ2v) is 5.42. The van der Waals surface area contributed by atoms with Gasteiger partial charge in [0.15, 0.2) is 0 Å². The van der Waals surface area contributed by atoms with Gasteiger partial charge in [-0.25, -0.2) is 4.79 Å². The first-order valence-electron chi connectivity index (χ1n) is 4.66. The first-order valence-corrected chi connectivity index (χ1v) is 6.35. The van der Waals surface area contributed by atoms with Gasteiger partial charge in [-0.05, 0) is 18.4 Å². The number of esters is 1. The molecule has 0 amide bonds. The predicted molar refractivity (Wildman–Crippen MR) is 68.1 cm³/mol. The van der Waals surface area contributed by atoms with E-state index in [0.717, 1.165) is 15.3 Å². The number of methoxy groups -OCH3 is 1. The molecule has 2 N–H and O–H groups in total. The molecule has 2 heterocycles. The van der Waals surface area contributed by atoms with Crippen LogP contribution in [-0.4, -0.2) is 13.1 Å². The molecule has 84 valence electrons. The van der Waals surface area contributed by atoms with E-state index in [1.807, 2.05) is 24.4 Å². The van der Waals surface area contributed by atoms with Gasteiger partial charge in [-0.1, -0.05) is 6.07 Å². The van der Waals surface area contributed by atoms with Crippen LogP contribution in [0.3, 0.4) is 0 Å². The summed E-state index contributed by atoms with van der Waals surface area (Å²) in [6.45, 7) is 1.96. The molecule has 0 bridgehead atoms. The lowest BCUT2D eigenvalue weighted by Crippen LogP contribution is -2.01. The van der Waals surface area contributed by atoms with Crippen molar-refractivity contribution in [2.45, 2.75) is 6.92 Å². The Morgan fingerprint density at radius 3 is 2.81 bits per heavy atom.